The number of rotatable bonds is 3. The molecule has 0 aliphatic carbocycles. The summed E-state index contributed by atoms with van der Waals surface area (Å²) in [6, 6.07) is 17.9. The van der Waals surface area contributed by atoms with Crippen LogP contribution < -0.4 is 5.56 Å². The van der Waals surface area contributed by atoms with Crippen LogP contribution in [0.25, 0.3) is 22.2 Å². The molecule has 0 spiro atoms. The smallest absolute Gasteiger partial charge is 0.287 e. The molecule has 5 heteroatoms. The van der Waals surface area contributed by atoms with Gasteiger partial charge in [0.05, 0.1) is 11.7 Å². The van der Waals surface area contributed by atoms with Crippen molar-refractivity contribution in [2.24, 2.45) is 0 Å². The molecule has 2 aromatic heterocycles. The van der Waals surface area contributed by atoms with Crippen molar-refractivity contribution >= 4 is 10.9 Å². The minimum atomic E-state index is -0.788. The Labute approximate surface area is 136 Å². The van der Waals surface area contributed by atoms with Crippen LogP contribution in [0.15, 0.2) is 76.1 Å². The number of para-hydroxylation sites is 1. The van der Waals surface area contributed by atoms with E-state index in [4.69, 9.17) is 4.42 Å². The van der Waals surface area contributed by atoms with Gasteiger partial charge in [0, 0.05) is 10.9 Å². The van der Waals surface area contributed by atoms with Crippen LogP contribution in [-0.2, 0) is 6.54 Å². The lowest BCUT2D eigenvalue weighted by Crippen LogP contribution is -2.23. The van der Waals surface area contributed by atoms with Gasteiger partial charge in [0.1, 0.15) is 6.54 Å². The number of pyridine rings is 1. The number of nitrogens with zero attached hydrogens (tertiary/aromatic N) is 2. The monoisotopic (exact) mass is 320 g/mol. The second-order valence-corrected chi connectivity index (χ2v) is 5.43. The van der Waals surface area contributed by atoms with E-state index in [0.29, 0.717) is 22.6 Å². The first-order chi connectivity index (χ1) is 11.7. The van der Waals surface area contributed by atoms with Crippen molar-refractivity contribution in [3.05, 3.63) is 88.9 Å². The van der Waals surface area contributed by atoms with Gasteiger partial charge in [0.25, 0.3) is 5.56 Å². The molecule has 0 aliphatic rings. The van der Waals surface area contributed by atoms with Gasteiger partial charge < -0.3 is 4.42 Å². The molecule has 0 bridgehead atoms. The molecule has 0 saturated heterocycles. The highest BCUT2D eigenvalue weighted by atomic mass is 19.1. The molecule has 0 amide bonds. The van der Waals surface area contributed by atoms with Crippen LogP contribution in [0.1, 0.15) is 5.89 Å². The largest absolute Gasteiger partial charge is 0.439 e. The Morgan fingerprint density at radius 1 is 1.04 bits per heavy atom. The van der Waals surface area contributed by atoms with Gasteiger partial charge >= 0.3 is 0 Å². The second kappa shape index (κ2) is 5.77. The van der Waals surface area contributed by atoms with Crippen molar-refractivity contribution in [3.8, 4) is 11.3 Å². The number of hydrogen-bond acceptors (Lipinski definition) is 3. The van der Waals surface area contributed by atoms with Crippen LogP contribution >= 0.6 is 0 Å². The summed E-state index contributed by atoms with van der Waals surface area (Å²) in [5.41, 5.74) is 0.851. The topological polar surface area (TPSA) is 48.0 Å². The Morgan fingerprint density at radius 2 is 1.79 bits per heavy atom. The van der Waals surface area contributed by atoms with Gasteiger partial charge in [-0.25, -0.2) is 9.37 Å². The van der Waals surface area contributed by atoms with E-state index in [2.05, 4.69) is 4.98 Å². The van der Waals surface area contributed by atoms with Crippen LogP contribution in [-0.4, -0.2) is 9.55 Å². The normalized spacial score (nSPS) is 11.0. The second-order valence-electron chi connectivity index (χ2n) is 5.43. The highest BCUT2D eigenvalue weighted by Gasteiger charge is 2.12. The minimum Gasteiger partial charge on any atom is -0.439 e. The van der Waals surface area contributed by atoms with Crippen molar-refractivity contribution in [2.45, 2.75) is 6.54 Å². The summed E-state index contributed by atoms with van der Waals surface area (Å²) in [5.74, 6) is 0.176. The Bertz CT molecular complexity index is 1070. The van der Waals surface area contributed by atoms with E-state index in [1.165, 1.54) is 10.6 Å². The molecule has 2 aromatic carbocycles. The molecule has 0 atom stereocenters. The van der Waals surface area contributed by atoms with Gasteiger partial charge in [-0.3, -0.25) is 9.36 Å². The third-order valence-electron chi connectivity index (χ3n) is 3.86. The fourth-order valence-corrected chi connectivity index (χ4v) is 2.70. The number of aromatic nitrogens is 2. The minimum absolute atomic E-state index is 0.0734. The summed E-state index contributed by atoms with van der Waals surface area (Å²) in [5, 5.41) is 0.657. The number of fused-ring (bicyclic) bond motifs is 1. The van der Waals surface area contributed by atoms with E-state index in [1.54, 1.807) is 30.5 Å². The zero-order chi connectivity index (χ0) is 16.5. The summed E-state index contributed by atoms with van der Waals surface area (Å²) in [6.07, 6.45) is 1.61. The lowest BCUT2D eigenvalue weighted by Gasteiger charge is -2.08. The molecule has 0 aliphatic heterocycles. The molecule has 2 heterocycles. The molecule has 0 radical (unpaired) electrons. The Hall–Kier alpha value is -3.21. The summed E-state index contributed by atoms with van der Waals surface area (Å²) in [4.78, 5) is 16.4. The zero-order valence-corrected chi connectivity index (χ0v) is 12.6. The van der Waals surface area contributed by atoms with Gasteiger partial charge in [-0.05, 0) is 12.1 Å². The Balaban J connectivity index is 1.77. The molecule has 4 nitrogen and oxygen atoms in total. The van der Waals surface area contributed by atoms with Gasteiger partial charge in [0.2, 0.25) is 5.89 Å². The number of halogens is 1. The van der Waals surface area contributed by atoms with Crippen LogP contribution in [0, 0.1) is 5.82 Å². The molecular formula is C19H13FN2O2. The quantitative estimate of drug-likeness (QED) is 0.576. The van der Waals surface area contributed by atoms with Crippen molar-refractivity contribution < 1.29 is 8.81 Å². The van der Waals surface area contributed by atoms with E-state index in [9.17, 15) is 9.18 Å². The van der Waals surface area contributed by atoms with E-state index in [-0.39, 0.29) is 6.54 Å². The molecule has 0 unspecified atom stereocenters. The molecule has 24 heavy (non-hydrogen) atoms. The highest BCUT2D eigenvalue weighted by molar-refractivity contribution is 5.78. The average Bonchev–Trinajstić information content (AvgIpc) is 3.08. The van der Waals surface area contributed by atoms with E-state index in [1.807, 2.05) is 30.3 Å². The first-order valence-corrected chi connectivity index (χ1v) is 7.50. The van der Waals surface area contributed by atoms with Crippen LogP contribution in [0.2, 0.25) is 0 Å². The molecule has 0 N–H and O–H groups in total. The maximum Gasteiger partial charge on any atom is 0.287 e. The third kappa shape index (κ3) is 2.50. The van der Waals surface area contributed by atoms with Gasteiger partial charge in [-0.1, -0.05) is 48.5 Å². The maximum absolute atomic E-state index is 13.9. The predicted molar refractivity (Wildman–Crippen MR) is 89.2 cm³/mol. The Kier molecular flexibility index (Phi) is 3.46. The van der Waals surface area contributed by atoms with Crippen LogP contribution in [0.3, 0.4) is 0 Å². The summed E-state index contributed by atoms with van der Waals surface area (Å²) in [6.45, 7) is 0.0734. The number of oxazole rings is 1. The molecule has 4 aromatic rings. The fourth-order valence-electron chi connectivity index (χ4n) is 2.70. The van der Waals surface area contributed by atoms with E-state index in [0.717, 1.165) is 5.56 Å². The first-order valence-electron chi connectivity index (χ1n) is 7.50. The first kappa shape index (κ1) is 14.4. The van der Waals surface area contributed by atoms with Crippen LogP contribution in [0.5, 0.6) is 0 Å². The zero-order valence-electron chi connectivity index (χ0n) is 12.6. The van der Waals surface area contributed by atoms with Crippen LogP contribution in [0.4, 0.5) is 4.39 Å². The lowest BCUT2D eigenvalue weighted by atomic mass is 10.2. The SMILES string of the molecule is O=c1c(F)cc2ccccc2n1Cc1ncc(-c2ccccc2)o1. The van der Waals surface area contributed by atoms with Crippen molar-refractivity contribution in [2.75, 3.05) is 0 Å². The lowest BCUT2D eigenvalue weighted by molar-refractivity contribution is 0.483. The van der Waals surface area contributed by atoms with Gasteiger partial charge in [0.15, 0.2) is 11.6 Å². The number of hydrogen-bond donors (Lipinski definition) is 0. The van der Waals surface area contributed by atoms with Gasteiger partial charge in [-0.15, -0.1) is 0 Å². The van der Waals surface area contributed by atoms with E-state index >= 15 is 0 Å². The molecular weight excluding hydrogens is 307 g/mol. The maximum atomic E-state index is 13.9. The van der Waals surface area contributed by atoms with Gasteiger partial charge in [-0.2, -0.15) is 0 Å². The number of benzene rings is 2. The summed E-state index contributed by atoms with van der Waals surface area (Å²) < 4.78 is 21.0. The third-order valence-corrected chi connectivity index (χ3v) is 3.86. The van der Waals surface area contributed by atoms with Crippen molar-refractivity contribution in [1.29, 1.82) is 0 Å². The molecule has 0 saturated carbocycles. The molecule has 0 fully saturated rings. The standard InChI is InChI=1S/C19H13FN2O2/c20-15-10-14-8-4-5-9-16(14)22(19(15)23)12-18-21-11-17(24-18)13-6-2-1-3-7-13/h1-11H,12H2. The fraction of sp³-hybridized carbons (Fsp3) is 0.0526. The summed E-state index contributed by atoms with van der Waals surface area (Å²) in [7, 11) is 0. The van der Waals surface area contributed by atoms with Crippen molar-refractivity contribution in [3.63, 3.8) is 0 Å². The average molecular weight is 320 g/mol. The highest BCUT2D eigenvalue weighted by Crippen LogP contribution is 2.21. The van der Waals surface area contributed by atoms with Crippen molar-refractivity contribution in [1.82, 2.24) is 9.55 Å². The predicted octanol–water partition coefficient (Wildman–Crippen LogP) is 3.84. The molecule has 4 rings (SSSR count). The van der Waals surface area contributed by atoms with E-state index < -0.39 is 11.4 Å². The molecule has 118 valence electrons. The Morgan fingerprint density at radius 3 is 2.62 bits per heavy atom. The summed E-state index contributed by atoms with van der Waals surface area (Å²) >= 11 is 0.